The zero-order valence-corrected chi connectivity index (χ0v) is 10.8. The number of rotatable bonds is 4. The van der Waals surface area contributed by atoms with E-state index in [1.165, 1.54) is 18.2 Å². The van der Waals surface area contributed by atoms with Gasteiger partial charge in [-0.15, -0.1) is 0 Å². The molecule has 3 N–H and O–H groups in total. The molecular weight excluding hydrogens is 351 g/mol. The van der Waals surface area contributed by atoms with Gasteiger partial charge in [-0.2, -0.15) is 13.2 Å². The number of hydrogen-bond acceptors (Lipinski definition) is 2. The van der Waals surface area contributed by atoms with Gasteiger partial charge in [0.25, 0.3) is 0 Å². The number of alkyl halides is 3. The highest BCUT2D eigenvalue weighted by molar-refractivity contribution is 14.1. The van der Waals surface area contributed by atoms with Crippen LogP contribution in [0.25, 0.3) is 0 Å². The molecule has 0 aliphatic carbocycles. The zero-order chi connectivity index (χ0) is 13.1. The van der Waals surface area contributed by atoms with E-state index in [2.05, 4.69) is 5.43 Å². The SMILES string of the molecule is NNC(CCC(F)(F)F)c1ccc(F)cc1I. The van der Waals surface area contributed by atoms with Crippen LogP contribution in [0.4, 0.5) is 17.6 Å². The van der Waals surface area contributed by atoms with Crippen molar-refractivity contribution >= 4 is 22.6 Å². The molecule has 7 heteroatoms. The maximum atomic E-state index is 12.9. The molecule has 1 aromatic carbocycles. The summed E-state index contributed by atoms with van der Waals surface area (Å²) in [5, 5.41) is 0. The summed E-state index contributed by atoms with van der Waals surface area (Å²) in [6, 6.07) is 3.27. The molecule has 1 aromatic rings. The molecule has 0 saturated heterocycles. The van der Waals surface area contributed by atoms with Crippen LogP contribution in [0.2, 0.25) is 0 Å². The Hall–Kier alpha value is -0.410. The quantitative estimate of drug-likeness (QED) is 0.374. The van der Waals surface area contributed by atoms with Crippen LogP contribution < -0.4 is 11.3 Å². The van der Waals surface area contributed by atoms with Gasteiger partial charge in [0.05, 0.1) is 0 Å². The number of nitrogens with two attached hydrogens (primary N) is 1. The van der Waals surface area contributed by atoms with Gasteiger partial charge in [0, 0.05) is 16.0 Å². The van der Waals surface area contributed by atoms with Gasteiger partial charge < -0.3 is 0 Å². The normalized spacial score (nSPS) is 13.8. The maximum absolute atomic E-state index is 12.9. The highest BCUT2D eigenvalue weighted by atomic mass is 127. The van der Waals surface area contributed by atoms with Gasteiger partial charge in [0.1, 0.15) is 5.82 Å². The number of nitrogens with one attached hydrogen (secondary N) is 1. The molecular formula is C10H11F4IN2. The van der Waals surface area contributed by atoms with E-state index in [-0.39, 0.29) is 6.42 Å². The Morgan fingerprint density at radius 2 is 2.00 bits per heavy atom. The van der Waals surface area contributed by atoms with Gasteiger partial charge >= 0.3 is 6.18 Å². The van der Waals surface area contributed by atoms with Crippen molar-refractivity contribution in [3.05, 3.63) is 33.1 Å². The third-order valence-corrected chi connectivity index (χ3v) is 3.19. The first-order valence-electron chi connectivity index (χ1n) is 4.81. The highest BCUT2D eigenvalue weighted by Gasteiger charge is 2.28. The fourth-order valence-corrected chi connectivity index (χ4v) is 2.27. The Kier molecular flexibility index (Phi) is 5.14. The van der Waals surface area contributed by atoms with E-state index in [4.69, 9.17) is 5.84 Å². The molecule has 0 heterocycles. The van der Waals surface area contributed by atoms with Crippen LogP contribution >= 0.6 is 22.6 Å². The second-order valence-electron chi connectivity index (χ2n) is 3.54. The van der Waals surface area contributed by atoms with Gasteiger partial charge in [-0.3, -0.25) is 11.3 Å². The smallest absolute Gasteiger partial charge is 0.271 e. The average Bonchev–Trinajstić information content (AvgIpc) is 2.19. The minimum absolute atomic E-state index is 0.179. The van der Waals surface area contributed by atoms with Crippen LogP contribution in [0.15, 0.2) is 18.2 Å². The van der Waals surface area contributed by atoms with E-state index in [9.17, 15) is 17.6 Å². The van der Waals surface area contributed by atoms with Crippen LogP contribution in [-0.2, 0) is 0 Å². The first-order chi connectivity index (χ1) is 7.83. The standard InChI is InChI=1S/C10H11F4IN2/c11-6-1-2-7(8(15)5-6)9(17-16)3-4-10(12,13)14/h1-2,5,9,17H,3-4,16H2. The third-order valence-electron chi connectivity index (χ3n) is 2.26. The number of benzene rings is 1. The summed E-state index contributed by atoms with van der Waals surface area (Å²) < 4.78 is 49.7. The molecule has 0 aromatic heterocycles. The molecule has 1 unspecified atom stereocenters. The molecule has 17 heavy (non-hydrogen) atoms. The van der Waals surface area contributed by atoms with E-state index in [0.717, 1.165) is 0 Å². The lowest BCUT2D eigenvalue weighted by Gasteiger charge is -2.18. The van der Waals surface area contributed by atoms with Gasteiger partial charge in [0.15, 0.2) is 0 Å². The minimum Gasteiger partial charge on any atom is -0.271 e. The molecule has 0 saturated carbocycles. The van der Waals surface area contributed by atoms with Crippen molar-refractivity contribution in [2.24, 2.45) is 5.84 Å². The van der Waals surface area contributed by atoms with Gasteiger partial charge in [0.2, 0.25) is 0 Å². The third kappa shape index (κ3) is 4.76. The van der Waals surface area contributed by atoms with Crippen molar-refractivity contribution in [3.8, 4) is 0 Å². The largest absolute Gasteiger partial charge is 0.389 e. The minimum atomic E-state index is -4.22. The highest BCUT2D eigenvalue weighted by Crippen LogP contribution is 2.29. The average molecular weight is 362 g/mol. The molecule has 0 aliphatic heterocycles. The van der Waals surface area contributed by atoms with Crippen LogP contribution in [0.1, 0.15) is 24.4 Å². The molecule has 1 atom stereocenters. The summed E-state index contributed by atoms with van der Waals surface area (Å²) in [5.74, 6) is 4.80. The lowest BCUT2D eigenvalue weighted by atomic mass is 10.0. The topological polar surface area (TPSA) is 38.0 Å². The molecule has 0 radical (unpaired) electrons. The van der Waals surface area contributed by atoms with Gasteiger partial charge in [-0.25, -0.2) is 4.39 Å². The predicted octanol–water partition coefficient (Wildman–Crippen LogP) is 3.28. The number of hydrogen-bond donors (Lipinski definition) is 2. The number of halogens is 5. The Bertz CT molecular complexity index is 381. The summed E-state index contributed by atoms with van der Waals surface area (Å²) in [5.41, 5.74) is 2.89. The van der Waals surface area contributed by atoms with Crippen LogP contribution in [0, 0.1) is 9.39 Å². The fraction of sp³-hybridized carbons (Fsp3) is 0.400. The molecule has 1 rings (SSSR count). The van der Waals surface area contributed by atoms with Gasteiger partial charge in [-0.1, -0.05) is 6.07 Å². The van der Waals surface area contributed by atoms with Crippen molar-refractivity contribution in [2.45, 2.75) is 25.1 Å². The fourth-order valence-electron chi connectivity index (χ4n) is 1.42. The lowest BCUT2D eigenvalue weighted by molar-refractivity contribution is -0.136. The second-order valence-corrected chi connectivity index (χ2v) is 4.70. The van der Waals surface area contributed by atoms with Crippen molar-refractivity contribution < 1.29 is 17.6 Å². The summed E-state index contributed by atoms with van der Waals surface area (Å²) in [6.07, 6.45) is -5.34. The van der Waals surface area contributed by atoms with Crippen molar-refractivity contribution in [3.63, 3.8) is 0 Å². The first-order valence-corrected chi connectivity index (χ1v) is 5.89. The van der Waals surface area contributed by atoms with E-state index in [1.54, 1.807) is 0 Å². The summed E-state index contributed by atoms with van der Waals surface area (Å²) in [4.78, 5) is 0. The predicted molar refractivity (Wildman–Crippen MR) is 64.5 cm³/mol. The second kappa shape index (κ2) is 5.96. The molecule has 96 valence electrons. The van der Waals surface area contributed by atoms with E-state index < -0.39 is 24.5 Å². The van der Waals surface area contributed by atoms with E-state index in [1.807, 2.05) is 22.6 Å². The molecule has 0 fully saturated rings. The van der Waals surface area contributed by atoms with Gasteiger partial charge in [-0.05, 0) is 46.7 Å². The van der Waals surface area contributed by atoms with Crippen molar-refractivity contribution in [2.75, 3.05) is 0 Å². The zero-order valence-electron chi connectivity index (χ0n) is 8.69. The van der Waals surface area contributed by atoms with Crippen molar-refractivity contribution in [1.29, 1.82) is 0 Å². The Labute approximate surface area is 110 Å². The molecule has 0 aliphatic rings. The molecule has 2 nitrogen and oxygen atoms in total. The maximum Gasteiger partial charge on any atom is 0.389 e. The van der Waals surface area contributed by atoms with Crippen molar-refractivity contribution in [1.82, 2.24) is 5.43 Å². The Balaban J connectivity index is 2.79. The lowest BCUT2D eigenvalue weighted by Crippen LogP contribution is -2.29. The molecule has 0 spiro atoms. The van der Waals surface area contributed by atoms with Crippen LogP contribution in [-0.4, -0.2) is 6.18 Å². The summed E-state index contributed by atoms with van der Waals surface area (Å²) in [6.45, 7) is 0. The Morgan fingerprint density at radius 1 is 1.35 bits per heavy atom. The Morgan fingerprint density at radius 3 is 2.47 bits per heavy atom. The van der Waals surface area contributed by atoms with E-state index >= 15 is 0 Å². The molecule has 0 amide bonds. The monoisotopic (exact) mass is 362 g/mol. The summed E-state index contributed by atoms with van der Waals surface area (Å²) >= 11 is 1.87. The van der Waals surface area contributed by atoms with Crippen LogP contribution in [0.5, 0.6) is 0 Å². The first kappa shape index (κ1) is 14.7. The van der Waals surface area contributed by atoms with Crippen LogP contribution in [0.3, 0.4) is 0 Å². The molecule has 0 bridgehead atoms. The number of hydrazine groups is 1. The van der Waals surface area contributed by atoms with E-state index in [0.29, 0.717) is 9.13 Å². The summed E-state index contributed by atoms with van der Waals surface area (Å²) in [7, 11) is 0.